The summed E-state index contributed by atoms with van der Waals surface area (Å²) in [7, 11) is 0. The summed E-state index contributed by atoms with van der Waals surface area (Å²) in [6, 6.07) is 7.53. The molecule has 2 aliphatic rings. The van der Waals surface area contributed by atoms with Gasteiger partial charge in [0.15, 0.2) is 11.6 Å². The van der Waals surface area contributed by atoms with E-state index in [2.05, 4.69) is 23.8 Å². The third kappa shape index (κ3) is 9.32. The number of hydrogen-bond acceptors (Lipinski definition) is 5. The molecule has 2 fully saturated rings. The number of aromatic nitrogens is 2. The zero-order valence-corrected chi connectivity index (χ0v) is 24.4. The van der Waals surface area contributed by atoms with Crippen molar-refractivity contribution in [2.45, 2.75) is 117 Å². The molecular weight excluding hydrogens is 484 g/mol. The van der Waals surface area contributed by atoms with Gasteiger partial charge in [0, 0.05) is 5.56 Å². The minimum absolute atomic E-state index is 0.0318. The highest BCUT2D eigenvalue weighted by Gasteiger charge is 2.33. The molecule has 0 saturated heterocycles. The Kier molecular flexibility index (Phi) is 12.1. The zero-order chi connectivity index (χ0) is 27.3. The number of benzene rings is 1. The third-order valence-corrected chi connectivity index (χ3v) is 9.10. The fourth-order valence-corrected chi connectivity index (χ4v) is 6.57. The van der Waals surface area contributed by atoms with Crippen LogP contribution in [0.2, 0.25) is 0 Å². The fourth-order valence-electron chi connectivity index (χ4n) is 6.57. The summed E-state index contributed by atoms with van der Waals surface area (Å²) in [6.07, 6.45) is 23.6. The molecule has 0 spiro atoms. The first kappa shape index (κ1) is 29.6. The van der Waals surface area contributed by atoms with Gasteiger partial charge < -0.3 is 9.47 Å². The van der Waals surface area contributed by atoms with E-state index in [4.69, 9.17) is 9.47 Å². The van der Waals surface area contributed by atoms with Gasteiger partial charge in [-0.1, -0.05) is 71.6 Å². The topological polar surface area (TPSA) is 61.3 Å². The van der Waals surface area contributed by atoms with Crippen LogP contribution in [0.5, 0.6) is 11.5 Å². The third-order valence-electron chi connectivity index (χ3n) is 9.10. The van der Waals surface area contributed by atoms with Gasteiger partial charge in [-0.2, -0.15) is 0 Å². The van der Waals surface area contributed by atoms with Crippen LogP contribution in [0.1, 0.15) is 117 Å². The van der Waals surface area contributed by atoms with Crippen LogP contribution in [0, 0.1) is 23.7 Å². The Morgan fingerprint density at radius 1 is 0.744 bits per heavy atom. The molecule has 1 heterocycles. The number of nitrogens with zero attached hydrogens (tertiary/aromatic N) is 2. The summed E-state index contributed by atoms with van der Waals surface area (Å²) in [6.45, 7) is 5.22. The van der Waals surface area contributed by atoms with E-state index in [0.29, 0.717) is 23.9 Å². The Hall–Kier alpha value is -2.43. The number of carbonyl (C=O) groups excluding carboxylic acids is 1. The lowest BCUT2D eigenvalue weighted by atomic mass is 9.68. The average molecular weight is 535 g/mol. The Balaban J connectivity index is 1.17. The zero-order valence-electron chi connectivity index (χ0n) is 24.4. The van der Waals surface area contributed by atoms with Crippen LogP contribution < -0.4 is 9.47 Å². The van der Waals surface area contributed by atoms with Gasteiger partial charge in [-0.25, -0.2) is 9.97 Å². The highest BCUT2D eigenvalue weighted by Crippen LogP contribution is 2.42. The minimum atomic E-state index is -0.0723. The molecule has 0 atom stereocenters. The molecule has 0 bridgehead atoms. The molecule has 4 rings (SSSR count). The van der Waals surface area contributed by atoms with E-state index >= 15 is 0 Å². The predicted octanol–water partition coefficient (Wildman–Crippen LogP) is 9.20. The van der Waals surface area contributed by atoms with Crippen molar-refractivity contribution in [3.63, 3.8) is 0 Å². The quantitative estimate of drug-likeness (QED) is 0.137. The van der Waals surface area contributed by atoms with Gasteiger partial charge in [0.25, 0.3) is 0 Å². The molecule has 0 unspecified atom stereocenters. The van der Waals surface area contributed by atoms with Crippen molar-refractivity contribution in [2.75, 3.05) is 6.61 Å². The molecule has 2 aromatic rings. The summed E-state index contributed by atoms with van der Waals surface area (Å²) in [4.78, 5) is 21.8. The van der Waals surface area contributed by atoms with Crippen molar-refractivity contribution >= 4 is 5.97 Å². The number of hydrogen-bond donors (Lipinski definition) is 0. The molecule has 5 heteroatoms. The number of ether oxygens (including phenoxy) is 2. The van der Waals surface area contributed by atoms with Crippen molar-refractivity contribution in [1.29, 1.82) is 0 Å². The van der Waals surface area contributed by atoms with Gasteiger partial charge in [-0.15, -0.1) is 0 Å². The molecule has 1 aromatic heterocycles. The number of esters is 1. The lowest BCUT2D eigenvalue weighted by Gasteiger charge is -2.37. The number of rotatable bonds is 14. The maximum Gasteiger partial charge on any atom is 0.314 e. The van der Waals surface area contributed by atoms with Gasteiger partial charge in [-0.3, -0.25) is 4.79 Å². The first-order valence-corrected chi connectivity index (χ1v) is 15.9. The number of unbranched alkanes of at least 4 members (excludes halogenated alkanes) is 5. The summed E-state index contributed by atoms with van der Waals surface area (Å²) >= 11 is 0. The molecule has 39 heavy (non-hydrogen) atoms. The maximum atomic E-state index is 12.9. The highest BCUT2D eigenvalue weighted by atomic mass is 16.5. The second-order valence-electron chi connectivity index (χ2n) is 12.0. The minimum Gasteiger partial charge on any atom is -0.490 e. The summed E-state index contributed by atoms with van der Waals surface area (Å²) < 4.78 is 11.5. The van der Waals surface area contributed by atoms with Crippen molar-refractivity contribution in [1.82, 2.24) is 9.97 Å². The molecule has 0 amide bonds. The van der Waals surface area contributed by atoms with Gasteiger partial charge in [0.1, 0.15) is 5.75 Å². The number of carbonyl (C=O) groups is 1. The van der Waals surface area contributed by atoms with Crippen molar-refractivity contribution < 1.29 is 14.3 Å². The van der Waals surface area contributed by atoms with E-state index in [1.807, 2.05) is 24.3 Å². The van der Waals surface area contributed by atoms with E-state index in [-0.39, 0.29) is 11.9 Å². The van der Waals surface area contributed by atoms with Gasteiger partial charge >= 0.3 is 5.97 Å². The van der Waals surface area contributed by atoms with Crippen LogP contribution >= 0.6 is 0 Å². The monoisotopic (exact) mass is 534 g/mol. The van der Waals surface area contributed by atoms with Gasteiger partial charge in [0.2, 0.25) is 0 Å². The second kappa shape index (κ2) is 16.0. The molecule has 0 N–H and O–H groups in total. The smallest absolute Gasteiger partial charge is 0.314 e. The molecule has 0 aliphatic heterocycles. The molecule has 2 aliphatic carbocycles. The van der Waals surface area contributed by atoms with Crippen molar-refractivity contribution in [3.8, 4) is 22.9 Å². The lowest BCUT2D eigenvalue weighted by Crippen LogP contribution is -2.30. The van der Waals surface area contributed by atoms with Gasteiger partial charge in [0.05, 0.1) is 24.9 Å². The highest BCUT2D eigenvalue weighted by molar-refractivity contribution is 5.75. The second-order valence-corrected chi connectivity index (χ2v) is 12.0. The first-order chi connectivity index (χ1) is 19.2. The average Bonchev–Trinajstić information content (AvgIpc) is 2.99. The van der Waals surface area contributed by atoms with Crippen LogP contribution in [0.15, 0.2) is 36.7 Å². The van der Waals surface area contributed by atoms with Crippen LogP contribution in [0.3, 0.4) is 0 Å². The standard InChI is InChI=1S/C34H50N2O3/c1-3-5-7-8-9-23-38-32-24-35-33(36-25-32)29-19-21-31(22-20-29)39-34(37)30-17-15-28(16-18-30)27-13-11-26(12-14-27)10-6-4-2/h19-22,24-28,30H,3-18,23H2,1-2H3/t26-,27-,28-,30-. The molecule has 2 saturated carbocycles. The first-order valence-electron chi connectivity index (χ1n) is 15.9. The van der Waals surface area contributed by atoms with E-state index in [0.717, 1.165) is 42.6 Å². The maximum absolute atomic E-state index is 12.9. The predicted molar refractivity (Wildman–Crippen MR) is 158 cm³/mol. The summed E-state index contributed by atoms with van der Waals surface area (Å²) in [5.41, 5.74) is 0.894. The lowest BCUT2D eigenvalue weighted by molar-refractivity contribution is -0.140. The van der Waals surface area contributed by atoms with Crippen molar-refractivity contribution in [3.05, 3.63) is 36.7 Å². The molecule has 0 radical (unpaired) electrons. The Morgan fingerprint density at radius 3 is 2.00 bits per heavy atom. The van der Waals surface area contributed by atoms with E-state index in [1.54, 1.807) is 12.4 Å². The SMILES string of the molecule is CCCCCCCOc1cnc(-c2ccc(OC(=O)[C@H]3CC[C@H]([C@H]4CC[C@H](CCCC)CC4)CC3)cc2)nc1. The van der Waals surface area contributed by atoms with Crippen molar-refractivity contribution in [2.24, 2.45) is 23.7 Å². The van der Waals surface area contributed by atoms with Gasteiger partial charge in [-0.05, 0) is 87.0 Å². The Morgan fingerprint density at radius 2 is 1.36 bits per heavy atom. The normalized spacial score (nSPS) is 23.3. The summed E-state index contributed by atoms with van der Waals surface area (Å²) in [5, 5.41) is 0. The van der Waals surface area contributed by atoms with E-state index < -0.39 is 0 Å². The van der Waals surface area contributed by atoms with Crippen LogP contribution in [0.25, 0.3) is 11.4 Å². The van der Waals surface area contributed by atoms with Crippen LogP contribution in [-0.2, 0) is 4.79 Å². The molecule has 1 aromatic carbocycles. The molecule has 5 nitrogen and oxygen atoms in total. The Bertz CT molecular complexity index is 959. The molecule has 214 valence electrons. The largest absolute Gasteiger partial charge is 0.490 e. The van der Waals surface area contributed by atoms with E-state index in [1.165, 1.54) is 83.5 Å². The van der Waals surface area contributed by atoms with Crippen LogP contribution in [-0.4, -0.2) is 22.5 Å². The molecular formula is C34H50N2O3. The Labute approximate surface area is 236 Å². The fraction of sp³-hybridized carbons (Fsp3) is 0.676. The summed E-state index contributed by atoms with van der Waals surface area (Å²) in [5.74, 6) is 4.55. The van der Waals surface area contributed by atoms with Crippen LogP contribution in [0.4, 0.5) is 0 Å². The van der Waals surface area contributed by atoms with E-state index in [9.17, 15) is 4.79 Å².